The fourth-order valence-corrected chi connectivity index (χ4v) is 1.91. The zero-order valence-electron chi connectivity index (χ0n) is 13.7. The number of carbonyl (C=O) groups excluding carboxylic acids is 2. The first kappa shape index (κ1) is 17.5. The molecule has 0 unspecified atom stereocenters. The van der Waals surface area contributed by atoms with Crippen LogP contribution in [-0.4, -0.2) is 32.1 Å². The molecule has 0 aliphatic carbocycles. The van der Waals surface area contributed by atoms with Crippen LogP contribution in [0.5, 0.6) is 5.75 Å². The lowest BCUT2D eigenvalue weighted by molar-refractivity contribution is 0.0846. The first-order valence-electron chi connectivity index (χ1n) is 7.49. The third-order valence-corrected chi connectivity index (χ3v) is 3.28. The van der Waals surface area contributed by atoms with E-state index in [4.69, 9.17) is 9.47 Å². The van der Waals surface area contributed by atoms with Crippen molar-refractivity contribution in [2.45, 2.75) is 6.92 Å². The summed E-state index contributed by atoms with van der Waals surface area (Å²) in [5.74, 6) is -0.130. The fourth-order valence-electron chi connectivity index (χ4n) is 1.91. The molecule has 0 aliphatic rings. The highest BCUT2D eigenvalue weighted by atomic mass is 16.5. The van der Waals surface area contributed by atoms with Crippen LogP contribution in [0.25, 0.3) is 0 Å². The van der Waals surface area contributed by atoms with E-state index in [1.54, 1.807) is 43.5 Å². The van der Waals surface area contributed by atoms with Crippen molar-refractivity contribution in [2.24, 2.45) is 0 Å². The Bertz CT molecular complexity index is 681. The first-order valence-corrected chi connectivity index (χ1v) is 7.49. The third-order valence-electron chi connectivity index (χ3n) is 3.28. The van der Waals surface area contributed by atoms with Gasteiger partial charge in [-0.05, 0) is 43.3 Å². The van der Waals surface area contributed by atoms with Crippen molar-refractivity contribution in [1.29, 1.82) is 0 Å². The molecule has 6 heteroatoms. The molecule has 2 N–H and O–H groups in total. The normalized spacial score (nSPS) is 10.1. The molecule has 0 aliphatic heterocycles. The van der Waals surface area contributed by atoms with E-state index < -0.39 is 5.91 Å². The van der Waals surface area contributed by atoms with Gasteiger partial charge in [-0.25, -0.2) is 0 Å². The number of hydrogen-bond donors (Lipinski definition) is 2. The average Bonchev–Trinajstić information content (AvgIpc) is 2.61. The Hall–Kier alpha value is -2.86. The van der Waals surface area contributed by atoms with Gasteiger partial charge in [-0.1, -0.05) is 17.7 Å². The molecule has 24 heavy (non-hydrogen) atoms. The van der Waals surface area contributed by atoms with Gasteiger partial charge in [0.15, 0.2) is 0 Å². The standard InChI is InChI=1S/C18H20N2O4/c1-13-3-5-14(6-4-13)17(21)19-20-18(22)15-7-9-16(10-8-15)24-12-11-23-2/h3-10H,11-12H2,1-2H3,(H,19,21)(H,20,22). The van der Waals surface area contributed by atoms with Crippen molar-refractivity contribution in [3.8, 4) is 5.75 Å². The molecule has 0 atom stereocenters. The Labute approximate surface area is 140 Å². The number of methoxy groups -OCH3 is 1. The van der Waals surface area contributed by atoms with E-state index in [1.165, 1.54) is 0 Å². The number of nitrogens with one attached hydrogen (secondary N) is 2. The van der Waals surface area contributed by atoms with Gasteiger partial charge >= 0.3 is 0 Å². The van der Waals surface area contributed by atoms with Crippen LogP contribution in [0.15, 0.2) is 48.5 Å². The summed E-state index contributed by atoms with van der Waals surface area (Å²) >= 11 is 0. The maximum Gasteiger partial charge on any atom is 0.269 e. The molecule has 0 bridgehead atoms. The fraction of sp³-hybridized carbons (Fsp3) is 0.222. The second-order valence-corrected chi connectivity index (χ2v) is 5.14. The zero-order chi connectivity index (χ0) is 17.4. The van der Waals surface area contributed by atoms with Crippen LogP contribution >= 0.6 is 0 Å². The Balaban J connectivity index is 1.85. The van der Waals surface area contributed by atoms with E-state index in [2.05, 4.69) is 10.9 Å². The van der Waals surface area contributed by atoms with Crippen LogP contribution in [0.4, 0.5) is 0 Å². The van der Waals surface area contributed by atoms with E-state index in [0.29, 0.717) is 30.1 Å². The molecule has 2 rings (SSSR count). The number of benzene rings is 2. The predicted molar refractivity (Wildman–Crippen MR) is 89.9 cm³/mol. The Morgan fingerprint density at radius 2 is 1.33 bits per heavy atom. The van der Waals surface area contributed by atoms with Crippen LogP contribution in [0.3, 0.4) is 0 Å². The van der Waals surface area contributed by atoms with Gasteiger partial charge in [0.25, 0.3) is 11.8 Å². The van der Waals surface area contributed by atoms with Gasteiger partial charge in [0.2, 0.25) is 0 Å². The number of hydrogen-bond acceptors (Lipinski definition) is 4. The Kier molecular flexibility index (Phi) is 6.33. The summed E-state index contributed by atoms with van der Waals surface area (Å²) < 4.78 is 10.3. The molecule has 0 heterocycles. The van der Waals surface area contributed by atoms with Crippen molar-refractivity contribution in [3.05, 3.63) is 65.2 Å². The largest absolute Gasteiger partial charge is 0.491 e. The molecule has 0 fully saturated rings. The van der Waals surface area contributed by atoms with Crippen LogP contribution in [0.1, 0.15) is 26.3 Å². The second kappa shape index (κ2) is 8.69. The van der Waals surface area contributed by atoms with E-state index in [1.807, 2.05) is 19.1 Å². The molecule has 0 saturated carbocycles. The van der Waals surface area contributed by atoms with Crippen LogP contribution in [0.2, 0.25) is 0 Å². The molecule has 2 aromatic carbocycles. The summed E-state index contributed by atoms with van der Waals surface area (Å²) in [6.45, 7) is 2.87. The molecule has 2 aromatic rings. The minimum absolute atomic E-state index is 0.372. The van der Waals surface area contributed by atoms with Gasteiger partial charge in [-0.2, -0.15) is 0 Å². The number of hydrazine groups is 1. The maximum atomic E-state index is 12.0. The molecule has 0 radical (unpaired) electrons. The number of amides is 2. The maximum absolute atomic E-state index is 12.0. The summed E-state index contributed by atoms with van der Waals surface area (Å²) in [5, 5.41) is 0. The van der Waals surface area contributed by atoms with E-state index in [-0.39, 0.29) is 5.91 Å². The average molecular weight is 328 g/mol. The van der Waals surface area contributed by atoms with Crippen molar-refractivity contribution in [3.63, 3.8) is 0 Å². The van der Waals surface area contributed by atoms with Crippen molar-refractivity contribution < 1.29 is 19.1 Å². The quantitative estimate of drug-likeness (QED) is 0.629. The molecule has 2 amide bonds. The van der Waals surface area contributed by atoms with Crippen LogP contribution in [0, 0.1) is 6.92 Å². The third kappa shape index (κ3) is 5.10. The minimum Gasteiger partial charge on any atom is -0.491 e. The van der Waals surface area contributed by atoms with Crippen LogP contribution < -0.4 is 15.6 Å². The molecule has 0 spiro atoms. The lowest BCUT2D eigenvalue weighted by atomic mass is 10.1. The molecule has 126 valence electrons. The summed E-state index contributed by atoms with van der Waals surface area (Å²) in [6.07, 6.45) is 0. The number of rotatable bonds is 6. The number of aryl methyl sites for hydroxylation is 1. The molecule has 6 nitrogen and oxygen atoms in total. The summed E-state index contributed by atoms with van der Waals surface area (Å²) in [4.78, 5) is 24.0. The molecular weight excluding hydrogens is 308 g/mol. The number of carbonyl (C=O) groups is 2. The highest BCUT2D eigenvalue weighted by Crippen LogP contribution is 2.12. The van der Waals surface area contributed by atoms with Crippen molar-refractivity contribution in [2.75, 3.05) is 20.3 Å². The first-order chi connectivity index (χ1) is 11.6. The van der Waals surface area contributed by atoms with Crippen molar-refractivity contribution in [1.82, 2.24) is 10.9 Å². The molecule has 0 saturated heterocycles. The number of ether oxygens (including phenoxy) is 2. The van der Waals surface area contributed by atoms with Crippen molar-refractivity contribution >= 4 is 11.8 Å². The van der Waals surface area contributed by atoms with Gasteiger partial charge < -0.3 is 9.47 Å². The van der Waals surface area contributed by atoms with E-state index in [9.17, 15) is 9.59 Å². The van der Waals surface area contributed by atoms with E-state index >= 15 is 0 Å². The lowest BCUT2D eigenvalue weighted by Gasteiger charge is -2.09. The highest BCUT2D eigenvalue weighted by Gasteiger charge is 2.09. The highest BCUT2D eigenvalue weighted by molar-refractivity contribution is 5.99. The lowest BCUT2D eigenvalue weighted by Crippen LogP contribution is -2.41. The summed E-state index contributed by atoms with van der Waals surface area (Å²) in [7, 11) is 1.60. The SMILES string of the molecule is COCCOc1ccc(C(=O)NNC(=O)c2ccc(C)cc2)cc1. The van der Waals surface area contributed by atoms with Gasteiger partial charge in [-0.15, -0.1) is 0 Å². The Morgan fingerprint density at radius 1 is 0.833 bits per heavy atom. The molecular formula is C18H20N2O4. The topological polar surface area (TPSA) is 76.7 Å². The predicted octanol–water partition coefficient (Wildman–Crippen LogP) is 2.10. The van der Waals surface area contributed by atoms with Gasteiger partial charge in [0.1, 0.15) is 12.4 Å². The second-order valence-electron chi connectivity index (χ2n) is 5.14. The van der Waals surface area contributed by atoms with Gasteiger partial charge in [-0.3, -0.25) is 20.4 Å². The van der Waals surface area contributed by atoms with E-state index in [0.717, 1.165) is 5.56 Å². The van der Waals surface area contributed by atoms with Gasteiger partial charge in [0.05, 0.1) is 6.61 Å². The molecule has 0 aromatic heterocycles. The van der Waals surface area contributed by atoms with Crippen LogP contribution in [-0.2, 0) is 4.74 Å². The smallest absolute Gasteiger partial charge is 0.269 e. The van der Waals surface area contributed by atoms with Gasteiger partial charge in [0, 0.05) is 18.2 Å². The zero-order valence-corrected chi connectivity index (χ0v) is 13.7. The summed E-state index contributed by atoms with van der Waals surface area (Å²) in [5.41, 5.74) is 6.72. The Morgan fingerprint density at radius 3 is 1.83 bits per heavy atom. The summed E-state index contributed by atoms with van der Waals surface area (Å²) in [6, 6.07) is 13.7. The monoisotopic (exact) mass is 328 g/mol. The minimum atomic E-state index is -0.404.